The van der Waals surface area contributed by atoms with E-state index in [0.717, 1.165) is 18.1 Å². The molecule has 0 spiro atoms. The second-order valence-electron chi connectivity index (χ2n) is 4.12. The van der Waals surface area contributed by atoms with Crippen LogP contribution in [-0.2, 0) is 0 Å². The third-order valence-electron chi connectivity index (χ3n) is 2.94. The maximum atomic E-state index is 6.30. The van der Waals surface area contributed by atoms with E-state index < -0.39 is 0 Å². The standard InChI is InChI=1S/C12H23NS2/c1-4-9(3)8-10(13)12-11(5-2)14-6-7-15-12/h10-12H,3-8,13H2,1-2H3. The molecule has 88 valence electrons. The molecule has 1 saturated heterocycles. The molecule has 0 amide bonds. The maximum Gasteiger partial charge on any atom is 0.0321 e. The number of hydrogen-bond acceptors (Lipinski definition) is 3. The van der Waals surface area contributed by atoms with E-state index in [1.807, 2.05) is 0 Å². The van der Waals surface area contributed by atoms with Crippen LogP contribution in [0.5, 0.6) is 0 Å². The molecular formula is C12H23NS2. The molecule has 1 aliphatic heterocycles. The molecule has 0 bridgehead atoms. The highest BCUT2D eigenvalue weighted by Crippen LogP contribution is 2.35. The largest absolute Gasteiger partial charge is 0.326 e. The summed E-state index contributed by atoms with van der Waals surface area (Å²) in [5.41, 5.74) is 7.60. The van der Waals surface area contributed by atoms with Gasteiger partial charge in [0.05, 0.1) is 0 Å². The lowest BCUT2D eigenvalue weighted by atomic mass is 10.0. The van der Waals surface area contributed by atoms with Crippen molar-refractivity contribution < 1.29 is 0 Å². The predicted octanol–water partition coefficient (Wildman–Crippen LogP) is 3.30. The van der Waals surface area contributed by atoms with Gasteiger partial charge >= 0.3 is 0 Å². The van der Waals surface area contributed by atoms with Crippen LogP contribution in [0.3, 0.4) is 0 Å². The van der Waals surface area contributed by atoms with Crippen molar-refractivity contribution in [3.05, 3.63) is 12.2 Å². The van der Waals surface area contributed by atoms with Gasteiger partial charge in [0.25, 0.3) is 0 Å². The zero-order valence-electron chi connectivity index (χ0n) is 9.87. The average molecular weight is 245 g/mol. The van der Waals surface area contributed by atoms with Crippen molar-refractivity contribution in [2.45, 2.75) is 49.7 Å². The van der Waals surface area contributed by atoms with Crippen LogP contribution < -0.4 is 5.73 Å². The second-order valence-corrected chi connectivity index (χ2v) is 6.76. The van der Waals surface area contributed by atoms with Crippen molar-refractivity contribution in [3.8, 4) is 0 Å². The monoisotopic (exact) mass is 245 g/mol. The SMILES string of the molecule is C=C(CC)CC(N)C1SCCSC1CC. The molecule has 1 aliphatic rings. The molecule has 1 heterocycles. The quantitative estimate of drug-likeness (QED) is 0.753. The summed E-state index contributed by atoms with van der Waals surface area (Å²) >= 11 is 4.17. The highest BCUT2D eigenvalue weighted by Gasteiger charge is 2.29. The summed E-state index contributed by atoms with van der Waals surface area (Å²) in [7, 11) is 0. The summed E-state index contributed by atoms with van der Waals surface area (Å²) in [5.74, 6) is 2.55. The number of nitrogens with two attached hydrogens (primary N) is 1. The van der Waals surface area contributed by atoms with Crippen LogP contribution in [0.25, 0.3) is 0 Å². The first kappa shape index (κ1) is 13.5. The number of hydrogen-bond donors (Lipinski definition) is 1. The summed E-state index contributed by atoms with van der Waals surface area (Å²) in [6.07, 6.45) is 3.31. The first-order valence-electron chi connectivity index (χ1n) is 5.84. The molecule has 0 saturated carbocycles. The lowest BCUT2D eigenvalue weighted by molar-refractivity contribution is 0.590. The van der Waals surface area contributed by atoms with Gasteiger partial charge in [-0.1, -0.05) is 26.0 Å². The molecule has 3 unspecified atom stereocenters. The van der Waals surface area contributed by atoms with Crippen LogP contribution in [0.2, 0.25) is 0 Å². The van der Waals surface area contributed by atoms with Crippen molar-refractivity contribution in [3.63, 3.8) is 0 Å². The van der Waals surface area contributed by atoms with Crippen molar-refractivity contribution in [1.82, 2.24) is 0 Å². The van der Waals surface area contributed by atoms with Crippen molar-refractivity contribution >= 4 is 23.5 Å². The Hall–Kier alpha value is 0.400. The summed E-state index contributed by atoms with van der Waals surface area (Å²) in [4.78, 5) is 0. The van der Waals surface area contributed by atoms with Crippen LogP contribution in [-0.4, -0.2) is 28.0 Å². The maximum absolute atomic E-state index is 6.30. The summed E-state index contributed by atoms with van der Waals surface area (Å²) in [6.45, 7) is 8.50. The Balaban J connectivity index is 2.47. The van der Waals surface area contributed by atoms with Gasteiger partial charge in [-0.05, 0) is 19.3 Å². The van der Waals surface area contributed by atoms with Crippen LogP contribution in [0.15, 0.2) is 12.2 Å². The molecular weight excluding hydrogens is 222 g/mol. The number of thioether (sulfide) groups is 2. The van der Waals surface area contributed by atoms with E-state index >= 15 is 0 Å². The average Bonchev–Trinajstić information content (AvgIpc) is 2.28. The van der Waals surface area contributed by atoms with Crippen LogP contribution in [0.4, 0.5) is 0 Å². The van der Waals surface area contributed by atoms with Gasteiger partial charge in [0, 0.05) is 28.0 Å². The third-order valence-corrected chi connectivity index (χ3v) is 6.37. The van der Waals surface area contributed by atoms with Crippen molar-refractivity contribution in [2.75, 3.05) is 11.5 Å². The zero-order chi connectivity index (χ0) is 11.3. The Bertz CT molecular complexity index is 206. The Morgan fingerprint density at radius 3 is 2.67 bits per heavy atom. The molecule has 2 N–H and O–H groups in total. The predicted molar refractivity (Wildman–Crippen MR) is 74.8 cm³/mol. The molecule has 1 rings (SSSR count). The van der Waals surface area contributed by atoms with Gasteiger partial charge in [-0.2, -0.15) is 23.5 Å². The zero-order valence-corrected chi connectivity index (χ0v) is 11.5. The summed E-state index contributed by atoms with van der Waals surface area (Å²) < 4.78 is 0. The van der Waals surface area contributed by atoms with E-state index in [9.17, 15) is 0 Å². The second kappa shape index (κ2) is 6.87. The fourth-order valence-electron chi connectivity index (χ4n) is 1.93. The Morgan fingerprint density at radius 1 is 1.40 bits per heavy atom. The Morgan fingerprint density at radius 2 is 2.07 bits per heavy atom. The first-order chi connectivity index (χ1) is 7.19. The van der Waals surface area contributed by atoms with Crippen molar-refractivity contribution in [1.29, 1.82) is 0 Å². The number of rotatable bonds is 5. The molecule has 0 aliphatic carbocycles. The van der Waals surface area contributed by atoms with Crippen LogP contribution in [0, 0.1) is 0 Å². The minimum atomic E-state index is 0.306. The van der Waals surface area contributed by atoms with Crippen LogP contribution >= 0.6 is 23.5 Å². The third kappa shape index (κ3) is 4.04. The first-order valence-corrected chi connectivity index (χ1v) is 7.94. The van der Waals surface area contributed by atoms with E-state index in [1.165, 1.54) is 23.5 Å². The molecule has 15 heavy (non-hydrogen) atoms. The van der Waals surface area contributed by atoms with Crippen LogP contribution in [0.1, 0.15) is 33.1 Å². The fraction of sp³-hybridized carbons (Fsp3) is 0.833. The highest BCUT2D eigenvalue weighted by molar-refractivity contribution is 8.07. The minimum absolute atomic E-state index is 0.306. The van der Waals surface area contributed by atoms with Gasteiger partial charge in [-0.25, -0.2) is 0 Å². The summed E-state index contributed by atoms with van der Waals surface area (Å²) in [5, 5.41) is 1.39. The van der Waals surface area contributed by atoms with E-state index in [4.69, 9.17) is 5.73 Å². The lowest BCUT2D eigenvalue weighted by Crippen LogP contribution is -2.41. The van der Waals surface area contributed by atoms with E-state index in [2.05, 4.69) is 44.0 Å². The minimum Gasteiger partial charge on any atom is -0.326 e. The molecule has 3 heteroatoms. The summed E-state index contributed by atoms with van der Waals surface area (Å²) in [6, 6.07) is 0.306. The van der Waals surface area contributed by atoms with E-state index in [-0.39, 0.29) is 0 Å². The topological polar surface area (TPSA) is 26.0 Å². The molecule has 0 aromatic heterocycles. The molecule has 0 aromatic rings. The molecule has 1 nitrogen and oxygen atoms in total. The van der Waals surface area contributed by atoms with Gasteiger partial charge in [0.2, 0.25) is 0 Å². The molecule has 0 radical (unpaired) electrons. The van der Waals surface area contributed by atoms with Crippen molar-refractivity contribution in [2.24, 2.45) is 5.73 Å². The van der Waals surface area contributed by atoms with E-state index in [0.29, 0.717) is 11.3 Å². The van der Waals surface area contributed by atoms with Gasteiger partial charge in [0.15, 0.2) is 0 Å². The van der Waals surface area contributed by atoms with E-state index in [1.54, 1.807) is 0 Å². The van der Waals surface area contributed by atoms with Gasteiger partial charge in [-0.15, -0.1) is 0 Å². The molecule has 3 atom stereocenters. The molecule has 0 aromatic carbocycles. The normalized spacial score (nSPS) is 28.7. The molecule has 1 fully saturated rings. The van der Waals surface area contributed by atoms with Gasteiger partial charge < -0.3 is 5.73 Å². The highest BCUT2D eigenvalue weighted by atomic mass is 32.2. The Kier molecular flexibility index (Phi) is 6.17. The Labute approximate surface area is 103 Å². The fourth-order valence-corrected chi connectivity index (χ4v) is 5.12. The smallest absolute Gasteiger partial charge is 0.0321 e. The van der Waals surface area contributed by atoms with Gasteiger partial charge in [0.1, 0.15) is 0 Å². The van der Waals surface area contributed by atoms with Gasteiger partial charge in [-0.3, -0.25) is 0 Å². The lowest BCUT2D eigenvalue weighted by Gasteiger charge is -2.34.